The van der Waals surface area contributed by atoms with Gasteiger partial charge in [0.25, 0.3) is 0 Å². The first-order valence-corrected chi connectivity index (χ1v) is 7.54. The molecule has 1 aliphatic heterocycles. The fourth-order valence-corrected chi connectivity index (χ4v) is 2.75. The molecule has 1 atom stereocenters. The summed E-state index contributed by atoms with van der Waals surface area (Å²) in [4.78, 5) is 0. The van der Waals surface area contributed by atoms with Gasteiger partial charge in [-0.2, -0.15) is 10.2 Å². The zero-order chi connectivity index (χ0) is 13.8. The minimum absolute atomic E-state index is 0.294. The molecule has 0 aliphatic carbocycles. The van der Waals surface area contributed by atoms with Gasteiger partial charge in [0, 0.05) is 28.8 Å². The molecule has 0 bridgehead atoms. The van der Waals surface area contributed by atoms with Crippen LogP contribution in [0.15, 0.2) is 41.0 Å². The van der Waals surface area contributed by atoms with E-state index in [1.807, 2.05) is 18.2 Å². The summed E-state index contributed by atoms with van der Waals surface area (Å²) in [5.41, 5.74) is 2.17. The maximum Gasteiger partial charge on any atom is 0.125 e. The third-order valence-electron chi connectivity index (χ3n) is 3.40. The van der Waals surface area contributed by atoms with Gasteiger partial charge in [0.2, 0.25) is 0 Å². The molecule has 1 aromatic carbocycles. The largest absolute Gasteiger partial charge is 0.493 e. The lowest BCUT2D eigenvalue weighted by molar-refractivity contribution is 0.315. The summed E-state index contributed by atoms with van der Waals surface area (Å²) < 4.78 is 6.86. The van der Waals surface area contributed by atoms with Crippen molar-refractivity contribution in [3.63, 3.8) is 0 Å². The van der Waals surface area contributed by atoms with E-state index in [9.17, 15) is 0 Å². The van der Waals surface area contributed by atoms with Gasteiger partial charge < -0.3 is 10.1 Å². The first-order valence-electron chi connectivity index (χ1n) is 6.75. The van der Waals surface area contributed by atoms with Crippen molar-refractivity contribution in [1.29, 1.82) is 0 Å². The molecule has 5 heteroatoms. The van der Waals surface area contributed by atoms with Crippen molar-refractivity contribution in [2.75, 3.05) is 6.61 Å². The van der Waals surface area contributed by atoms with Crippen molar-refractivity contribution < 1.29 is 4.74 Å². The van der Waals surface area contributed by atoms with E-state index in [1.54, 1.807) is 6.20 Å². The highest BCUT2D eigenvalue weighted by molar-refractivity contribution is 9.10. The quantitative estimate of drug-likeness (QED) is 0.936. The van der Waals surface area contributed by atoms with E-state index in [4.69, 9.17) is 4.74 Å². The normalized spacial score (nSPS) is 17.9. The van der Waals surface area contributed by atoms with Gasteiger partial charge in [-0.05, 0) is 37.1 Å². The van der Waals surface area contributed by atoms with Crippen LogP contribution in [0.25, 0.3) is 0 Å². The van der Waals surface area contributed by atoms with Crippen LogP contribution < -0.4 is 10.1 Å². The number of nitrogens with one attached hydrogen (secondary N) is 1. The number of ether oxygens (including phenoxy) is 1. The van der Waals surface area contributed by atoms with Gasteiger partial charge >= 0.3 is 0 Å². The third kappa shape index (κ3) is 3.16. The average Bonchev–Trinajstić information content (AvgIpc) is 2.68. The van der Waals surface area contributed by atoms with Crippen LogP contribution in [0, 0.1) is 0 Å². The molecular weight excluding hydrogens is 318 g/mol. The summed E-state index contributed by atoms with van der Waals surface area (Å²) in [7, 11) is 0. The molecule has 0 saturated carbocycles. The fourth-order valence-electron chi connectivity index (χ4n) is 2.41. The van der Waals surface area contributed by atoms with Crippen LogP contribution in [0.3, 0.4) is 0 Å². The van der Waals surface area contributed by atoms with Crippen LogP contribution in [-0.4, -0.2) is 16.8 Å². The highest BCUT2D eigenvalue weighted by Gasteiger charge is 2.19. The molecule has 0 amide bonds. The Morgan fingerprint density at radius 2 is 2.30 bits per heavy atom. The molecule has 20 heavy (non-hydrogen) atoms. The molecule has 0 fully saturated rings. The van der Waals surface area contributed by atoms with Gasteiger partial charge in [0.05, 0.1) is 12.3 Å². The Balaban J connectivity index is 1.76. The van der Waals surface area contributed by atoms with Gasteiger partial charge in [-0.15, -0.1) is 0 Å². The fraction of sp³-hybridized carbons (Fsp3) is 0.333. The monoisotopic (exact) mass is 333 g/mol. The second-order valence-corrected chi connectivity index (χ2v) is 5.74. The van der Waals surface area contributed by atoms with Gasteiger partial charge in [-0.1, -0.05) is 22.0 Å². The SMILES string of the molecule is Brc1ccc2c(c1)OCCCC2NCc1cccnn1. The minimum Gasteiger partial charge on any atom is -0.493 e. The van der Waals surface area contributed by atoms with E-state index in [-0.39, 0.29) is 0 Å². The summed E-state index contributed by atoms with van der Waals surface area (Å²) in [6, 6.07) is 10.4. The molecule has 0 saturated heterocycles. The van der Waals surface area contributed by atoms with Crippen molar-refractivity contribution in [1.82, 2.24) is 15.5 Å². The lowest BCUT2D eigenvalue weighted by Gasteiger charge is -2.18. The van der Waals surface area contributed by atoms with E-state index in [1.165, 1.54) is 5.56 Å². The number of aromatic nitrogens is 2. The molecule has 0 spiro atoms. The van der Waals surface area contributed by atoms with Crippen LogP contribution >= 0.6 is 15.9 Å². The molecule has 3 rings (SSSR count). The highest BCUT2D eigenvalue weighted by Crippen LogP contribution is 2.33. The van der Waals surface area contributed by atoms with E-state index in [0.717, 1.165) is 35.4 Å². The maximum absolute atomic E-state index is 5.81. The van der Waals surface area contributed by atoms with Crippen molar-refractivity contribution in [3.8, 4) is 5.75 Å². The summed E-state index contributed by atoms with van der Waals surface area (Å²) in [5.74, 6) is 0.966. The number of hydrogen-bond donors (Lipinski definition) is 1. The number of halogens is 1. The van der Waals surface area contributed by atoms with Crippen LogP contribution in [0.5, 0.6) is 5.75 Å². The van der Waals surface area contributed by atoms with E-state index < -0.39 is 0 Å². The van der Waals surface area contributed by atoms with Gasteiger partial charge in [-0.25, -0.2) is 0 Å². The van der Waals surface area contributed by atoms with Gasteiger partial charge in [0.15, 0.2) is 0 Å². The smallest absolute Gasteiger partial charge is 0.125 e. The van der Waals surface area contributed by atoms with E-state index in [0.29, 0.717) is 12.6 Å². The van der Waals surface area contributed by atoms with Gasteiger partial charge in [-0.3, -0.25) is 0 Å². The molecule has 1 N–H and O–H groups in total. The summed E-state index contributed by atoms with van der Waals surface area (Å²) in [5, 5.41) is 11.6. The summed E-state index contributed by atoms with van der Waals surface area (Å²) >= 11 is 3.49. The maximum atomic E-state index is 5.81. The molecular formula is C15H16BrN3O. The lowest BCUT2D eigenvalue weighted by atomic mass is 10.0. The second kappa shape index (κ2) is 6.33. The van der Waals surface area contributed by atoms with Crippen molar-refractivity contribution >= 4 is 15.9 Å². The van der Waals surface area contributed by atoms with Crippen LogP contribution in [0.1, 0.15) is 30.1 Å². The van der Waals surface area contributed by atoms with Crippen LogP contribution in [0.2, 0.25) is 0 Å². The zero-order valence-corrected chi connectivity index (χ0v) is 12.6. The van der Waals surface area contributed by atoms with Crippen LogP contribution in [0.4, 0.5) is 0 Å². The summed E-state index contributed by atoms with van der Waals surface area (Å²) in [6.07, 6.45) is 3.80. The Hall–Kier alpha value is -1.46. The van der Waals surface area contributed by atoms with Crippen molar-refractivity contribution in [2.24, 2.45) is 0 Å². The van der Waals surface area contributed by atoms with Crippen molar-refractivity contribution in [3.05, 3.63) is 52.3 Å². The number of fused-ring (bicyclic) bond motifs is 1. The predicted molar refractivity (Wildman–Crippen MR) is 80.5 cm³/mol. The summed E-state index contributed by atoms with van der Waals surface area (Å²) in [6.45, 7) is 1.49. The Kier molecular flexibility index (Phi) is 4.28. The Bertz CT molecular complexity index is 577. The molecule has 1 unspecified atom stereocenters. The second-order valence-electron chi connectivity index (χ2n) is 4.82. The Morgan fingerprint density at radius 3 is 3.15 bits per heavy atom. The van der Waals surface area contributed by atoms with E-state index >= 15 is 0 Å². The van der Waals surface area contributed by atoms with E-state index in [2.05, 4.69) is 43.6 Å². The van der Waals surface area contributed by atoms with Crippen molar-refractivity contribution in [2.45, 2.75) is 25.4 Å². The first kappa shape index (κ1) is 13.5. The minimum atomic E-state index is 0.294. The number of benzene rings is 1. The first-order chi connectivity index (χ1) is 9.83. The third-order valence-corrected chi connectivity index (χ3v) is 3.90. The average molecular weight is 334 g/mol. The molecule has 2 heterocycles. The van der Waals surface area contributed by atoms with Gasteiger partial charge in [0.1, 0.15) is 5.75 Å². The van der Waals surface area contributed by atoms with Crippen LogP contribution in [-0.2, 0) is 6.54 Å². The number of rotatable bonds is 3. The zero-order valence-electron chi connectivity index (χ0n) is 11.1. The standard InChI is InChI=1S/C15H16BrN3O/c16-11-5-6-13-14(4-2-8-20-15(13)9-11)17-10-12-3-1-7-18-19-12/h1,3,5-7,9,14,17H,2,4,8,10H2. The molecule has 2 aromatic rings. The Morgan fingerprint density at radius 1 is 1.35 bits per heavy atom. The molecule has 1 aliphatic rings. The molecule has 104 valence electrons. The number of hydrogen-bond acceptors (Lipinski definition) is 4. The number of nitrogens with zero attached hydrogens (tertiary/aromatic N) is 2. The lowest BCUT2D eigenvalue weighted by Crippen LogP contribution is -2.21. The topological polar surface area (TPSA) is 47.0 Å². The molecule has 4 nitrogen and oxygen atoms in total. The Labute approximate surface area is 126 Å². The highest BCUT2D eigenvalue weighted by atomic mass is 79.9. The molecule has 1 aromatic heterocycles. The molecule has 0 radical (unpaired) electrons. The predicted octanol–water partition coefficient (Wildman–Crippen LogP) is 3.24.